The van der Waals surface area contributed by atoms with Gasteiger partial charge >= 0.3 is 5.97 Å². The van der Waals surface area contributed by atoms with Gasteiger partial charge in [-0.3, -0.25) is 57.5 Å². The van der Waals surface area contributed by atoms with E-state index < -0.39 is 155 Å². The van der Waals surface area contributed by atoms with Crippen LogP contribution in [0.2, 0.25) is 0 Å². The zero-order valence-corrected chi connectivity index (χ0v) is 61.3. The first-order valence-corrected chi connectivity index (χ1v) is 35.9. The quantitative estimate of drug-likeness (QED) is 0.0324. The van der Waals surface area contributed by atoms with Crippen LogP contribution in [0.4, 0.5) is 0 Å². The second kappa shape index (κ2) is 50.4. The maximum atomic E-state index is 14.4. The molecule has 0 aromatic heterocycles. The van der Waals surface area contributed by atoms with Crippen LogP contribution in [0.25, 0.3) is 0 Å². The van der Waals surface area contributed by atoms with E-state index in [1.54, 1.807) is 27.7 Å². The number of amides is 12. The lowest BCUT2D eigenvalue weighted by molar-refractivity contribution is -0.142. The van der Waals surface area contributed by atoms with E-state index in [-0.39, 0.29) is 102 Å². The van der Waals surface area contributed by atoms with Gasteiger partial charge in [0.1, 0.15) is 72.5 Å². The molecule has 0 heterocycles. The Bertz CT molecular complexity index is 2750. The van der Waals surface area contributed by atoms with Crippen molar-refractivity contribution in [2.75, 3.05) is 32.7 Å². The number of rotatable bonds is 53. The van der Waals surface area contributed by atoms with Crippen molar-refractivity contribution in [1.82, 2.24) is 63.8 Å². The van der Waals surface area contributed by atoms with Crippen LogP contribution in [0.1, 0.15) is 190 Å². The van der Waals surface area contributed by atoms with Gasteiger partial charge in [-0.2, -0.15) is 0 Å². The molecule has 0 aliphatic carbocycles. The number of carboxylic acid groups (broad SMARTS) is 1. The Hall–Kier alpha value is -7.91. The van der Waals surface area contributed by atoms with Crippen molar-refractivity contribution in [2.45, 2.75) is 270 Å². The summed E-state index contributed by atoms with van der Waals surface area (Å²) in [6, 6.07) is -6.65. The normalized spacial score (nSPS) is 15.2. The molecule has 101 heavy (non-hydrogen) atoms. The van der Waals surface area contributed by atoms with E-state index in [9.17, 15) is 67.4 Å². The van der Waals surface area contributed by atoms with E-state index >= 15 is 0 Å². The molecule has 1 aromatic carbocycles. The van der Waals surface area contributed by atoms with E-state index in [0.29, 0.717) is 70.8 Å². The standard InChI is InChI=1S/C69H124N18O14/c1-40(2)36-54(67(98)78-44(8)58(89)80-49(26-14-19-31-70)62(93)77-46(10)60(91)87-56(69(100)101)38-42(5)6)85-66(97)53(30-18-23-35-74)84-64(95)51(28-16-21-33-72)82-59(90)45(9)79-68(99)55(37-41(3)4)86-65(96)52(29-17-22-34-73)83-63(94)50(27-15-20-32-71)81-57(88)43(7)76-61(92)48(75)39-47-24-12-11-13-25-47/h11-13,24-25,40-46,48-56H,14-23,26-39,70-75H2,1-10H3,(H,76,92)(H,77,93)(H,78,98)(H,79,99)(H,80,89)(H,81,88)(H,82,90)(H,83,94)(H,84,95)(H,85,97)(H,86,96)(H,87,91)(H,100,101)/t43-,44-,45-,46-,48-,49-,50-,51-,52-,53-,54-,55-,56-/m0/s1. The van der Waals surface area contributed by atoms with Crippen LogP contribution < -0.4 is 98.2 Å². The predicted molar refractivity (Wildman–Crippen MR) is 385 cm³/mol. The third-order valence-corrected chi connectivity index (χ3v) is 16.5. The number of unbranched alkanes of at least 4 members (excludes halogenated alkanes) is 5. The van der Waals surface area contributed by atoms with Crippen molar-refractivity contribution >= 4 is 76.9 Å². The predicted octanol–water partition coefficient (Wildman–Crippen LogP) is -1.68. The van der Waals surface area contributed by atoms with Crippen LogP contribution in [0.5, 0.6) is 0 Å². The molecule has 0 bridgehead atoms. The van der Waals surface area contributed by atoms with Crippen LogP contribution in [0.15, 0.2) is 30.3 Å². The summed E-state index contributed by atoms with van der Waals surface area (Å²) in [6.07, 6.45) is 5.18. The van der Waals surface area contributed by atoms with Gasteiger partial charge in [0.05, 0.1) is 6.04 Å². The van der Waals surface area contributed by atoms with Crippen LogP contribution in [0, 0.1) is 17.8 Å². The van der Waals surface area contributed by atoms with Gasteiger partial charge in [0.25, 0.3) is 0 Å². The second-order valence-electron chi connectivity index (χ2n) is 27.4. The van der Waals surface area contributed by atoms with Crippen molar-refractivity contribution in [1.29, 1.82) is 0 Å². The molecule has 1 rings (SSSR count). The van der Waals surface area contributed by atoms with E-state index in [4.69, 9.17) is 34.4 Å². The third-order valence-electron chi connectivity index (χ3n) is 16.5. The number of aliphatic carboxylic acids is 1. The summed E-state index contributed by atoms with van der Waals surface area (Å²) in [7, 11) is 0. The Morgan fingerprint density at radius 1 is 0.297 bits per heavy atom. The molecule has 574 valence electrons. The molecule has 0 aliphatic rings. The Balaban J connectivity index is 3.40. The van der Waals surface area contributed by atoms with Crippen molar-refractivity contribution < 1.29 is 67.4 Å². The molecule has 0 saturated heterocycles. The fourth-order valence-electron chi connectivity index (χ4n) is 10.7. The van der Waals surface area contributed by atoms with Gasteiger partial charge in [-0.25, -0.2) is 4.79 Å². The number of carbonyl (C=O) groups is 13. The number of benzene rings is 1. The maximum absolute atomic E-state index is 14.4. The molecule has 12 amide bonds. The highest BCUT2D eigenvalue weighted by Crippen LogP contribution is 2.14. The van der Waals surface area contributed by atoms with E-state index in [0.717, 1.165) is 5.56 Å². The van der Waals surface area contributed by atoms with Gasteiger partial charge in [-0.1, -0.05) is 71.9 Å². The summed E-state index contributed by atoms with van der Waals surface area (Å²) in [5.41, 5.74) is 35.9. The minimum atomic E-state index is -1.32. The monoisotopic (exact) mass is 1430 g/mol. The van der Waals surface area contributed by atoms with Gasteiger partial charge < -0.3 is 103 Å². The molecule has 25 N–H and O–H groups in total. The van der Waals surface area contributed by atoms with Crippen molar-refractivity contribution in [2.24, 2.45) is 52.2 Å². The maximum Gasteiger partial charge on any atom is 0.326 e. The van der Waals surface area contributed by atoms with Crippen LogP contribution in [-0.2, 0) is 68.7 Å². The second-order valence-corrected chi connectivity index (χ2v) is 27.4. The van der Waals surface area contributed by atoms with E-state index in [1.807, 2.05) is 44.2 Å². The molecular weight excluding hydrogens is 1300 g/mol. The average molecular weight is 1430 g/mol. The van der Waals surface area contributed by atoms with Crippen molar-refractivity contribution in [3.8, 4) is 0 Å². The average Bonchev–Trinajstić information content (AvgIpc) is 0.880. The molecule has 32 nitrogen and oxygen atoms in total. The fraction of sp³-hybridized carbons (Fsp3) is 0.725. The fourth-order valence-corrected chi connectivity index (χ4v) is 10.7. The molecule has 0 unspecified atom stereocenters. The molecule has 0 aliphatic heterocycles. The van der Waals surface area contributed by atoms with Gasteiger partial charge in [-0.15, -0.1) is 0 Å². The summed E-state index contributed by atoms with van der Waals surface area (Å²) in [5, 5.41) is 41.5. The zero-order chi connectivity index (χ0) is 76.3. The summed E-state index contributed by atoms with van der Waals surface area (Å²) in [6.45, 7) is 17.8. The summed E-state index contributed by atoms with van der Waals surface area (Å²) in [5.74, 6) is -10.6. The molecule has 1 aromatic rings. The topological polar surface area (TPSA) is 543 Å². The summed E-state index contributed by atoms with van der Waals surface area (Å²) >= 11 is 0. The first-order chi connectivity index (χ1) is 47.7. The van der Waals surface area contributed by atoms with Crippen LogP contribution >= 0.6 is 0 Å². The lowest BCUT2D eigenvalue weighted by Gasteiger charge is -2.28. The van der Waals surface area contributed by atoms with Crippen molar-refractivity contribution in [3.63, 3.8) is 0 Å². The number of nitrogens with one attached hydrogen (secondary N) is 12. The Kier molecular flexibility index (Phi) is 45.5. The molecule has 0 radical (unpaired) electrons. The van der Waals surface area contributed by atoms with Crippen LogP contribution in [0.3, 0.4) is 0 Å². The van der Waals surface area contributed by atoms with E-state index in [1.165, 1.54) is 27.7 Å². The number of carbonyl (C=O) groups excluding carboxylic acids is 12. The third kappa shape index (κ3) is 37.5. The zero-order valence-electron chi connectivity index (χ0n) is 61.3. The smallest absolute Gasteiger partial charge is 0.326 e. The van der Waals surface area contributed by atoms with Gasteiger partial charge in [0, 0.05) is 0 Å². The lowest BCUT2D eigenvalue weighted by Crippen LogP contribution is -2.60. The first-order valence-electron chi connectivity index (χ1n) is 35.9. The minimum Gasteiger partial charge on any atom is -0.480 e. The van der Waals surface area contributed by atoms with Crippen molar-refractivity contribution in [3.05, 3.63) is 35.9 Å². The molecular formula is C69H124N18O14. The molecule has 0 saturated carbocycles. The summed E-state index contributed by atoms with van der Waals surface area (Å²) in [4.78, 5) is 179. The SMILES string of the molecule is CC(C)C[C@H](NC(=O)[C@H](C)NC(=O)[C@H](CCCCN)NC(=O)[C@H](C)NC(=O)[C@H](CC(C)C)NC(=O)[C@H](CCCCN)NC(=O)[C@H](CCCCN)NC(=O)[C@H](C)NC(=O)[C@H](CC(C)C)NC(=O)[C@H](CCCCN)NC(=O)[C@H](CCCCN)NC(=O)[C@H](C)NC(=O)[C@@H](N)Cc1ccccc1)C(=O)O. The molecule has 0 spiro atoms. The molecule has 32 heteroatoms. The Labute approximate surface area is 596 Å². The number of carboxylic acids is 1. The van der Waals surface area contributed by atoms with Gasteiger partial charge in [-0.05, 0) is 206 Å². The number of hydrogen-bond acceptors (Lipinski definition) is 19. The minimum absolute atomic E-state index is 0.0425. The Morgan fingerprint density at radius 2 is 0.515 bits per heavy atom. The Morgan fingerprint density at radius 3 is 0.772 bits per heavy atom. The van der Waals surface area contributed by atoms with Gasteiger partial charge in [0.15, 0.2) is 0 Å². The van der Waals surface area contributed by atoms with Gasteiger partial charge in [0.2, 0.25) is 70.9 Å². The lowest BCUT2D eigenvalue weighted by atomic mass is 10.0. The van der Waals surface area contributed by atoms with Crippen LogP contribution in [-0.4, -0.2) is 193 Å². The molecule has 13 atom stereocenters. The first kappa shape index (κ1) is 91.1. The number of hydrogen-bond donors (Lipinski definition) is 19. The van der Waals surface area contributed by atoms with E-state index in [2.05, 4.69) is 63.8 Å². The molecule has 0 fully saturated rings. The largest absolute Gasteiger partial charge is 0.480 e. The highest BCUT2D eigenvalue weighted by molar-refractivity contribution is 5.99. The number of nitrogens with two attached hydrogens (primary N) is 6. The highest BCUT2D eigenvalue weighted by Gasteiger charge is 2.36. The summed E-state index contributed by atoms with van der Waals surface area (Å²) < 4.78 is 0. The highest BCUT2D eigenvalue weighted by atomic mass is 16.4.